The summed E-state index contributed by atoms with van der Waals surface area (Å²) in [6.45, 7) is 3.61. The lowest BCUT2D eigenvalue weighted by molar-refractivity contribution is 0.0537. The molecule has 1 aromatic rings. The maximum Gasteiger partial charge on any atom is 0.242 e. The predicted molar refractivity (Wildman–Crippen MR) is 83.0 cm³/mol. The second-order valence-corrected chi connectivity index (χ2v) is 7.63. The Bertz CT molecular complexity index is 598. The van der Waals surface area contributed by atoms with Crippen LogP contribution in [0.1, 0.15) is 25.3 Å². The lowest BCUT2D eigenvalue weighted by Crippen LogP contribution is -2.49. The van der Waals surface area contributed by atoms with Gasteiger partial charge in [-0.1, -0.05) is 17.7 Å². The van der Waals surface area contributed by atoms with Crippen LogP contribution in [-0.4, -0.2) is 34.2 Å². The summed E-state index contributed by atoms with van der Waals surface area (Å²) in [4.78, 5) is 0.129. The first-order valence-corrected chi connectivity index (χ1v) is 8.77. The highest BCUT2D eigenvalue weighted by Crippen LogP contribution is 2.27. The van der Waals surface area contributed by atoms with Crippen LogP contribution in [0.4, 0.5) is 0 Å². The number of sulfonamides is 1. The Kier molecular flexibility index (Phi) is 5.27. The number of ether oxygens (including phenoxy) is 1. The highest BCUT2D eigenvalue weighted by atomic mass is 35.5. The van der Waals surface area contributed by atoms with E-state index >= 15 is 0 Å². The third-order valence-corrected chi connectivity index (χ3v) is 5.76. The monoisotopic (exact) mass is 332 g/mol. The molecule has 1 aliphatic heterocycles. The van der Waals surface area contributed by atoms with Crippen molar-refractivity contribution >= 4 is 21.6 Å². The Balaban J connectivity index is 2.28. The van der Waals surface area contributed by atoms with E-state index in [-0.39, 0.29) is 9.92 Å². The van der Waals surface area contributed by atoms with Crippen LogP contribution >= 0.6 is 11.6 Å². The molecule has 5 nitrogen and oxygen atoms in total. The molecule has 0 aromatic heterocycles. The molecule has 2 N–H and O–H groups in total. The van der Waals surface area contributed by atoms with E-state index in [9.17, 15) is 8.42 Å². The fraction of sp³-hybridized carbons (Fsp3) is 0.571. The van der Waals surface area contributed by atoms with Crippen LogP contribution in [0.25, 0.3) is 0 Å². The SMILES string of the molecule is CNCc1ccc(Cl)c(S(=O)(=O)NC2(C)CCOCC2)c1. The van der Waals surface area contributed by atoms with Crippen LogP contribution < -0.4 is 10.0 Å². The van der Waals surface area contributed by atoms with Gasteiger partial charge in [-0.15, -0.1) is 0 Å². The summed E-state index contributed by atoms with van der Waals surface area (Å²) < 4.78 is 33.3. The molecule has 1 aliphatic rings. The van der Waals surface area contributed by atoms with E-state index in [2.05, 4.69) is 10.0 Å². The molecule has 7 heteroatoms. The first kappa shape index (κ1) is 16.7. The van der Waals surface area contributed by atoms with Gasteiger partial charge >= 0.3 is 0 Å². The Morgan fingerprint density at radius 3 is 2.62 bits per heavy atom. The normalized spacial score (nSPS) is 18.6. The predicted octanol–water partition coefficient (Wildman–Crippen LogP) is 1.91. The number of halogens is 1. The van der Waals surface area contributed by atoms with Crippen LogP contribution in [0.2, 0.25) is 5.02 Å². The van der Waals surface area contributed by atoms with Gasteiger partial charge in [-0.2, -0.15) is 0 Å². The molecular weight excluding hydrogens is 312 g/mol. The van der Waals surface area contributed by atoms with Crippen molar-refractivity contribution in [2.45, 2.75) is 36.7 Å². The van der Waals surface area contributed by atoms with Gasteiger partial charge in [0.25, 0.3) is 0 Å². The number of hydrogen-bond acceptors (Lipinski definition) is 4. The molecule has 1 saturated heterocycles. The number of rotatable bonds is 5. The highest BCUT2D eigenvalue weighted by molar-refractivity contribution is 7.89. The van der Waals surface area contributed by atoms with E-state index in [0.29, 0.717) is 32.6 Å². The van der Waals surface area contributed by atoms with Gasteiger partial charge in [0.2, 0.25) is 10.0 Å². The lowest BCUT2D eigenvalue weighted by Gasteiger charge is -2.34. The summed E-state index contributed by atoms with van der Waals surface area (Å²) in [5.74, 6) is 0. The Morgan fingerprint density at radius 1 is 1.33 bits per heavy atom. The summed E-state index contributed by atoms with van der Waals surface area (Å²) in [5, 5.41) is 3.23. The van der Waals surface area contributed by atoms with Crippen LogP contribution in [-0.2, 0) is 21.3 Å². The van der Waals surface area contributed by atoms with Gasteiger partial charge < -0.3 is 10.1 Å². The topological polar surface area (TPSA) is 67.4 Å². The smallest absolute Gasteiger partial charge is 0.242 e. The van der Waals surface area contributed by atoms with E-state index in [1.165, 1.54) is 0 Å². The molecule has 0 unspecified atom stereocenters. The zero-order valence-electron chi connectivity index (χ0n) is 12.3. The largest absolute Gasteiger partial charge is 0.381 e. The summed E-state index contributed by atoms with van der Waals surface area (Å²) >= 11 is 6.08. The third-order valence-electron chi connectivity index (χ3n) is 3.64. The van der Waals surface area contributed by atoms with Gasteiger partial charge in [-0.05, 0) is 44.5 Å². The first-order chi connectivity index (χ1) is 9.86. The minimum atomic E-state index is -3.66. The van der Waals surface area contributed by atoms with E-state index in [1.54, 1.807) is 12.1 Å². The molecule has 0 bridgehead atoms. The fourth-order valence-electron chi connectivity index (χ4n) is 2.37. The Labute approximate surface area is 131 Å². The second kappa shape index (κ2) is 6.62. The van der Waals surface area contributed by atoms with Gasteiger partial charge in [0.15, 0.2) is 0 Å². The van der Waals surface area contributed by atoms with E-state index in [1.807, 2.05) is 20.0 Å². The minimum Gasteiger partial charge on any atom is -0.381 e. The highest BCUT2D eigenvalue weighted by Gasteiger charge is 2.33. The quantitative estimate of drug-likeness (QED) is 0.864. The van der Waals surface area contributed by atoms with Gasteiger partial charge in [-0.25, -0.2) is 13.1 Å². The maximum atomic E-state index is 12.6. The molecule has 0 saturated carbocycles. The van der Waals surface area contributed by atoms with Crippen LogP contribution in [0.15, 0.2) is 23.1 Å². The van der Waals surface area contributed by atoms with Gasteiger partial charge in [0.05, 0.1) is 5.02 Å². The lowest BCUT2D eigenvalue weighted by atomic mass is 9.94. The van der Waals surface area contributed by atoms with Gasteiger partial charge in [0, 0.05) is 25.3 Å². The molecule has 118 valence electrons. The molecule has 0 amide bonds. The van der Waals surface area contributed by atoms with Crippen molar-refractivity contribution in [3.8, 4) is 0 Å². The molecule has 1 heterocycles. The number of nitrogens with one attached hydrogen (secondary N) is 2. The fourth-order valence-corrected chi connectivity index (χ4v) is 4.39. The zero-order chi connectivity index (χ0) is 15.5. The van der Waals surface area contributed by atoms with Crippen LogP contribution in [0, 0.1) is 0 Å². The molecular formula is C14H21ClN2O3S. The van der Waals surface area contributed by atoms with Gasteiger partial charge in [-0.3, -0.25) is 0 Å². The van der Waals surface area contributed by atoms with Crippen molar-refractivity contribution in [3.63, 3.8) is 0 Å². The standard InChI is InChI=1S/C14H21ClN2O3S/c1-14(5-7-20-8-6-14)17-21(18,19)13-9-11(10-16-2)3-4-12(13)15/h3-4,9,16-17H,5-8,10H2,1-2H3. The van der Waals surface area contributed by atoms with Crippen molar-refractivity contribution in [1.82, 2.24) is 10.0 Å². The average Bonchev–Trinajstić information content (AvgIpc) is 2.40. The van der Waals surface area contributed by atoms with E-state index < -0.39 is 15.6 Å². The van der Waals surface area contributed by atoms with Crippen molar-refractivity contribution in [2.75, 3.05) is 20.3 Å². The summed E-state index contributed by atoms with van der Waals surface area (Å²) in [6.07, 6.45) is 1.31. The first-order valence-electron chi connectivity index (χ1n) is 6.91. The molecule has 2 rings (SSSR count). The van der Waals surface area contributed by atoms with Gasteiger partial charge in [0.1, 0.15) is 4.90 Å². The molecule has 0 aliphatic carbocycles. The third kappa shape index (κ3) is 4.17. The Hall–Kier alpha value is -0.660. The second-order valence-electron chi connectivity index (χ2n) is 5.57. The average molecular weight is 333 g/mol. The van der Waals surface area contributed by atoms with Crippen molar-refractivity contribution in [1.29, 1.82) is 0 Å². The molecule has 0 spiro atoms. The van der Waals surface area contributed by atoms with Crippen molar-refractivity contribution in [2.24, 2.45) is 0 Å². The summed E-state index contributed by atoms with van der Waals surface area (Å²) in [6, 6.07) is 5.05. The summed E-state index contributed by atoms with van der Waals surface area (Å²) in [7, 11) is -1.85. The van der Waals surface area contributed by atoms with Crippen LogP contribution in [0.3, 0.4) is 0 Å². The van der Waals surface area contributed by atoms with Crippen molar-refractivity contribution < 1.29 is 13.2 Å². The van der Waals surface area contributed by atoms with E-state index in [0.717, 1.165) is 5.56 Å². The number of benzene rings is 1. The maximum absolute atomic E-state index is 12.6. The van der Waals surface area contributed by atoms with Crippen LogP contribution in [0.5, 0.6) is 0 Å². The molecule has 1 aromatic carbocycles. The Morgan fingerprint density at radius 2 is 2.00 bits per heavy atom. The molecule has 0 atom stereocenters. The molecule has 0 radical (unpaired) electrons. The van der Waals surface area contributed by atoms with E-state index in [4.69, 9.17) is 16.3 Å². The molecule has 1 fully saturated rings. The molecule has 21 heavy (non-hydrogen) atoms. The minimum absolute atomic E-state index is 0.129. The summed E-state index contributed by atoms with van der Waals surface area (Å²) in [5.41, 5.74) is 0.388. The zero-order valence-corrected chi connectivity index (χ0v) is 13.9. The number of hydrogen-bond donors (Lipinski definition) is 2. The van der Waals surface area contributed by atoms with Crippen molar-refractivity contribution in [3.05, 3.63) is 28.8 Å².